The fraction of sp³-hybridized carbons (Fsp3) is 0.208. The Kier molecular flexibility index (Phi) is 6.96. The molecular weight excluding hydrogens is 429 g/mol. The zero-order valence-corrected chi connectivity index (χ0v) is 19.3. The predicted molar refractivity (Wildman–Crippen MR) is 126 cm³/mol. The first kappa shape index (κ1) is 23.4. The van der Waals surface area contributed by atoms with Crippen LogP contribution >= 0.6 is 0 Å². The summed E-state index contributed by atoms with van der Waals surface area (Å²) >= 11 is 0. The molecule has 168 valence electrons. The van der Waals surface area contributed by atoms with E-state index in [0.29, 0.717) is 11.1 Å². The molecule has 32 heavy (non-hydrogen) atoms. The molecule has 3 aromatic carbocycles. The molecule has 0 aromatic heterocycles. The molecule has 8 heteroatoms. The number of nitrogens with zero attached hydrogens (tertiary/aromatic N) is 2. The van der Waals surface area contributed by atoms with Gasteiger partial charge in [0.05, 0.1) is 12.2 Å². The highest BCUT2D eigenvalue weighted by molar-refractivity contribution is 7.90. The SMILES string of the molecule is Cc1cccc(C)c1NC(=O)c1ccc(CN(c2ccccc2F)S(=O)(=O)N(C)C)cc1. The zero-order chi connectivity index (χ0) is 23.5. The number of carbonyl (C=O) groups is 1. The number of rotatable bonds is 7. The summed E-state index contributed by atoms with van der Waals surface area (Å²) in [6.45, 7) is 3.77. The molecule has 1 amide bonds. The fourth-order valence-corrected chi connectivity index (χ4v) is 4.37. The number of benzene rings is 3. The summed E-state index contributed by atoms with van der Waals surface area (Å²) in [6, 6.07) is 18.1. The normalized spacial score (nSPS) is 11.4. The van der Waals surface area contributed by atoms with Crippen LogP contribution in [0.15, 0.2) is 66.7 Å². The molecule has 0 bridgehead atoms. The van der Waals surface area contributed by atoms with Crippen LogP contribution in [-0.2, 0) is 16.8 Å². The zero-order valence-electron chi connectivity index (χ0n) is 18.5. The van der Waals surface area contributed by atoms with Crippen molar-refractivity contribution in [3.05, 3.63) is 94.8 Å². The minimum absolute atomic E-state index is 0.0435. The number of hydrogen-bond acceptors (Lipinski definition) is 3. The number of carbonyl (C=O) groups excluding carboxylic acids is 1. The maximum Gasteiger partial charge on any atom is 0.303 e. The van der Waals surface area contributed by atoms with Crippen LogP contribution in [0.1, 0.15) is 27.0 Å². The van der Waals surface area contributed by atoms with Crippen molar-refractivity contribution in [3.8, 4) is 0 Å². The number of aryl methyl sites for hydroxylation is 2. The topological polar surface area (TPSA) is 69.7 Å². The minimum atomic E-state index is -3.94. The molecule has 0 unspecified atom stereocenters. The lowest BCUT2D eigenvalue weighted by atomic mass is 10.1. The van der Waals surface area contributed by atoms with Crippen LogP contribution in [0.4, 0.5) is 15.8 Å². The summed E-state index contributed by atoms with van der Waals surface area (Å²) in [5, 5.41) is 2.93. The van der Waals surface area contributed by atoms with Crippen LogP contribution in [0.3, 0.4) is 0 Å². The van der Waals surface area contributed by atoms with Crippen molar-refractivity contribution in [1.82, 2.24) is 4.31 Å². The second-order valence-electron chi connectivity index (χ2n) is 7.67. The van der Waals surface area contributed by atoms with Gasteiger partial charge in [-0.3, -0.25) is 9.10 Å². The van der Waals surface area contributed by atoms with Gasteiger partial charge in [0.2, 0.25) is 0 Å². The summed E-state index contributed by atoms with van der Waals surface area (Å²) in [5.41, 5.74) is 3.70. The van der Waals surface area contributed by atoms with Gasteiger partial charge in [0.25, 0.3) is 5.91 Å². The standard InChI is InChI=1S/C24H26FN3O3S/c1-17-8-7-9-18(2)23(17)26-24(29)20-14-12-19(13-15-20)16-28(32(30,31)27(3)4)22-11-6-5-10-21(22)25/h5-15H,16H2,1-4H3,(H,26,29). The average Bonchev–Trinajstić information content (AvgIpc) is 2.75. The van der Waals surface area contributed by atoms with Crippen molar-refractivity contribution < 1.29 is 17.6 Å². The number of para-hydroxylation sites is 2. The van der Waals surface area contributed by atoms with E-state index in [9.17, 15) is 17.6 Å². The van der Waals surface area contributed by atoms with Crippen molar-refractivity contribution in [1.29, 1.82) is 0 Å². The van der Waals surface area contributed by atoms with Crippen LogP contribution in [-0.4, -0.2) is 32.7 Å². The first-order valence-electron chi connectivity index (χ1n) is 10.0. The summed E-state index contributed by atoms with van der Waals surface area (Å²) in [7, 11) is -1.16. The molecule has 3 rings (SSSR count). The first-order chi connectivity index (χ1) is 15.1. The lowest BCUT2D eigenvalue weighted by Crippen LogP contribution is -2.40. The molecule has 0 atom stereocenters. The lowest BCUT2D eigenvalue weighted by molar-refractivity contribution is 0.102. The van der Waals surface area contributed by atoms with Crippen molar-refractivity contribution in [2.75, 3.05) is 23.7 Å². The van der Waals surface area contributed by atoms with E-state index in [2.05, 4.69) is 5.32 Å². The van der Waals surface area contributed by atoms with Gasteiger partial charge in [0.1, 0.15) is 5.82 Å². The van der Waals surface area contributed by atoms with Crippen molar-refractivity contribution in [3.63, 3.8) is 0 Å². The second kappa shape index (κ2) is 9.50. The number of amides is 1. The number of hydrogen-bond donors (Lipinski definition) is 1. The molecule has 0 heterocycles. The summed E-state index contributed by atoms with van der Waals surface area (Å²) in [4.78, 5) is 12.7. The maximum atomic E-state index is 14.4. The molecule has 0 aliphatic heterocycles. The smallest absolute Gasteiger partial charge is 0.303 e. The molecule has 0 saturated heterocycles. The van der Waals surface area contributed by atoms with E-state index in [1.165, 1.54) is 32.3 Å². The van der Waals surface area contributed by atoms with Crippen LogP contribution < -0.4 is 9.62 Å². The van der Waals surface area contributed by atoms with Crippen molar-refractivity contribution in [2.45, 2.75) is 20.4 Å². The largest absolute Gasteiger partial charge is 0.322 e. The number of halogens is 1. The van der Waals surface area contributed by atoms with E-state index in [1.54, 1.807) is 30.3 Å². The quantitative estimate of drug-likeness (QED) is 0.570. The van der Waals surface area contributed by atoms with E-state index < -0.39 is 16.0 Å². The second-order valence-corrected chi connectivity index (χ2v) is 9.73. The Morgan fingerprint density at radius 1 is 0.906 bits per heavy atom. The van der Waals surface area contributed by atoms with Crippen LogP contribution in [0.25, 0.3) is 0 Å². The molecule has 0 aliphatic carbocycles. The Bertz CT molecular complexity index is 1210. The summed E-state index contributed by atoms with van der Waals surface area (Å²) < 4.78 is 42.1. The molecule has 6 nitrogen and oxygen atoms in total. The van der Waals surface area contributed by atoms with Gasteiger partial charge in [-0.15, -0.1) is 0 Å². The van der Waals surface area contributed by atoms with Crippen molar-refractivity contribution >= 4 is 27.5 Å². The van der Waals surface area contributed by atoms with E-state index >= 15 is 0 Å². The average molecular weight is 456 g/mol. The summed E-state index contributed by atoms with van der Waals surface area (Å²) in [5.74, 6) is -0.900. The molecule has 0 spiro atoms. The van der Waals surface area contributed by atoms with Gasteiger partial charge in [-0.2, -0.15) is 12.7 Å². The van der Waals surface area contributed by atoms with E-state index in [0.717, 1.165) is 25.4 Å². The van der Waals surface area contributed by atoms with Crippen LogP contribution in [0.2, 0.25) is 0 Å². The number of anilines is 2. The number of nitrogens with one attached hydrogen (secondary N) is 1. The molecule has 0 fully saturated rings. The Morgan fingerprint density at radius 2 is 1.50 bits per heavy atom. The Hall–Kier alpha value is -3.23. The van der Waals surface area contributed by atoms with Gasteiger partial charge in [-0.1, -0.05) is 42.5 Å². The third kappa shape index (κ3) is 4.98. The van der Waals surface area contributed by atoms with E-state index in [1.807, 2.05) is 32.0 Å². The maximum absolute atomic E-state index is 14.4. The highest BCUT2D eigenvalue weighted by Gasteiger charge is 2.27. The molecule has 0 saturated carbocycles. The molecular formula is C24H26FN3O3S. The van der Waals surface area contributed by atoms with Crippen LogP contribution in [0, 0.1) is 19.7 Å². The van der Waals surface area contributed by atoms with Gasteiger partial charge >= 0.3 is 10.2 Å². The predicted octanol–water partition coefficient (Wildman–Crippen LogP) is 4.51. The van der Waals surface area contributed by atoms with Gasteiger partial charge in [-0.05, 0) is 54.8 Å². The lowest BCUT2D eigenvalue weighted by Gasteiger charge is -2.27. The highest BCUT2D eigenvalue weighted by atomic mass is 32.2. The third-order valence-electron chi connectivity index (χ3n) is 5.12. The third-order valence-corrected chi connectivity index (χ3v) is 6.93. The van der Waals surface area contributed by atoms with Gasteiger partial charge < -0.3 is 5.32 Å². The minimum Gasteiger partial charge on any atom is -0.322 e. The monoisotopic (exact) mass is 455 g/mol. The van der Waals surface area contributed by atoms with Gasteiger partial charge in [-0.25, -0.2) is 4.39 Å². The van der Waals surface area contributed by atoms with E-state index in [4.69, 9.17) is 0 Å². The van der Waals surface area contributed by atoms with Gasteiger partial charge in [0.15, 0.2) is 0 Å². The molecule has 0 radical (unpaired) electrons. The Balaban J connectivity index is 1.85. The van der Waals surface area contributed by atoms with Crippen LogP contribution in [0.5, 0.6) is 0 Å². The first-order valence-corrected chi connectivity index (χ1v) is 11.4. The summed E-state index contributed by atoms with van der Waals surface area (Å²) in [6.07, 6.45) is 0. The fourth-order valence-electron chi connectivity index (χ4n) is 3.27. The molecule has 3 aromatic rings. The van der Waals surface area contributed by atoms with E-state index in [-0.39, 0.29) is 18.1 Å². The van der Waals surface area contributed by atoms with Gasteiger partial charge in [0, 0.05) is 25.3 Å². The highest BCUT2D eigenvalue weighted by Crippen LogP contribution is 2.26. The van der Waals surface area contributed by atoms with Crippen molar-refractivity contribution in [2.24, 2.45) is 0 Å². The Morgan fingerprint density at radius 3 is 2.06 bits per heavy atom. The molecule has 1 N–H and O–H groups in total. The Labute approximate surface area is 188 Å². The molecule has 0 aliphatic rings.